The normalized spacial score (nSPS) is 13.9. The summed E-state index contributed by atoms with van der Waals surface area (Å²) in [6.45, 7) is 6.15. The Kier molecular flexibility index (Phi) is 26.9. The number of rotatable bonds is 33. The van der Waals surface area contributed by atoms with Crippen LogP contribution in [-0.2, 0) is 46.4 Å². The number of primary amides is 1. The van der Waals surface area contributed by atoms with Crippen LogP contribution in [-0.4, -0.2) is 114 Å². The van der Waals surface area contributed by atoms with Crippen molar-refractivity contribution in [2.45, 2.75) is 140 Å². The van der Waals surface area contributed by atoms with Crippen LogP contribution in [0.3, 0.4) is 0 Å². The summed E-state index contributed by atoms with van der Waals surface area (Å²) in [6.07, 6.45) is 3.82. The lowest BCUT2D eigenvalue weighted by atomic mass is 9.96. The zero-order valence-corrected chi connectivity index (χ0v) is 40.2. The molecular formula is C47H76N14O8. The van der Waals surface area contributed by atoms with Crippen molar-refractivity contribution >= 4 is 53.3 Å². The number of phenolic OH excluding ortho intramolecular Hbond substituents is 1. The van der Waals surface area contributed by atoms with Crippen molar-refractivity contribution in [1.29, 1.82) is 0 Å². The summed E-state index contributed by atoms with van der Waals surface area (Å²) in [5, 5.41) is 26.5. The Bertz CT molecular complexity index is 2000. The zero-order chi connectivity index (χ0) is 51.3. The highest BCUT2D eigenvalue weighted by atomic mass is 16.3. The fourth-order valence-electron chi connectivity index (χ4n) is 7.10. The second kappa shape index (κ2) is 31.9. The van der Waals surface area contributed by atoms with Gasteiger partial charge in [0.15, 0.2) is 11.9 Å². The van der Waals surface area contributed by atoms with E-state index in [1.54, 1.807) is 49.4 Å². The Balaban J connectivity index is 2.56. The molecule has 7 unspecified atom stereocenters. The van der Waals surface area contributed by atoms with Crippen molar-refractivity contribution in [1.82, 2.24) is 31.9 Å². The molecule has 382 valence electrons. The first-order chi connectivity index (χ1) is 32.9. The summed E-state index contributed by atoms with van der Waals surface area (Å²) in [5.74, 6) is -5.52. The van der Waals surface area contributed by atoms with Crippen LogP contribution in [0, 0.1) is 5.92 Å². The number of carbonyl (C=O) groups excluding carboxylic acids is 7. The van der Waals surface area contributed by atoms with Gasteiger partial charge in [0.25, 0.3) is 0 Å². The van der Waals surface area contributed by atoms with Crippen molar-refractivity contribution in [3.8, 4) is 5.75 Å². The first kappa shape index (κ1) is 58.2. The maximum Gasteiger partial charge on any atom is 0.243 e. The molecule has 0 spiro atoms. The second-order valence-electron chi connectivity index (χ2n) is 17.0. The molecule has 0 fully saturated rings. The standard InChI is InChI=1S/C47H76N14O8/c1-4-6-19-38(63)56-34(17-12-25-54-46(50)51)41(65)59-36(27-30-14-8-7-9-15-30)44(68)60-37(28-31-20-22-32(62)23-21-31)43(67)58-35(18-13-26-55-47(52)53)42(66)61-39(29(3)5-2)45(69)57-33(40(49)64)16-10-11-24-48/h7-9,14-15,20-23,29,33-37,39,62H,4-6,10-13,16-19,24-28,48H2,1-3H3,(H2,49,64)(H,56,63)(H,57,69)(H,58,67)(H,59,65)(H,60,68)(H,61,66)(H4,50,51,54)(H4,52,53,55). The molecule has 7 amide bonds. The summed E-state index contributed by atoms with van der Waals surface area (Å²) in [4.78, 5) is 104. The van der Waals surface area contributed by atoms with E-state index in [0.29, 0.717) is 49.8 Å². The van der Waals surface area contributed by atoms with Gasteiger partial charge in [-0.3, -0.25) is 43.5 Å². The zero-order valence-electron chi connectivity index (χ0n) is 40.2. The van der Waals surface area contributed by atoms with Crippen LogP contribution in [0.5, 0.6) is 5.75 Å². The largest absolute Gasteiger partial charge is 0.508 e. The lowest BCUT2D eigenvalue weighted by Crippen LogP contribution is -2.61. The lowest BCUT2D eigenvalue weighted by Gasteiger charge is -2.29. The molecular weight excluding hydrogens is 889 g/mol. The van der Waals surface area contributed by atoms with Crippen LogP contribution in [0.1, 0.15) is 103 Å². The number of unbranched alkanes of at least 4 members (excludes halogenated alkanes) is 2. The number of hydrogen-bond donors (Lipinski definition) is 13. The van der Waals surface area contributed by atoms with E-state index in [0.717, 1.165) is 6.42 Å². The first-order valence-electron chi connectivity index (χ1n) is 23.6. The first-order valence-corrected chi connectivity index (χ1v) is 23.6. The number of nitrogens with zero attached hydrogens (tertiary/aromatic N) is 2. The number of nitrogens with two attached hydrogens (primary N) is 6. The molecule has 0 heterocycles. The van der Waals surface area contributed by atoms with Gasteiger partial charge in [0.2, 0.25) is 41.4 Å². The predicted molar refractivity (Wildman–Crippen MR) is 264 cm³/mol. The van der Waals surface area contributed by atoms with Crippen molar-refractivity contribution in [2.24, 2.45) is 50.3 Å². The molecule has 0 radical (unpaired) electrons. The summed E-state index contributed by atoms with van der Waals surface area (Å²) in [7, 11) is 0. The van der Waals surface area contributed by atoms with Gasteiger partial charge in [0, 0.05) is 32.4 Å². The van der Waals surface area contributed by atoms with Crippen LogP contribution in [0.15, 0.2) is 64.6 Å². The molecule has 0 aromatic heterocycles. The SMILES string of the molecule is CCCCC(=O)NC(CCCN=C(N)N)C(=O)NC(Cc1ccccc1)C(=O)NC(Cc1ccc(O)cc1)C(=O)NC(CCCN=C(N)N)C(=O)NC(C(=O)NC(CCCCN)C(N)=O)C(C)CC. The second-order valence-corrected chi connectivity index (χ2v) is 17.0. The van der Waals surface area contributed by atoms with E-state index in [9.17, 15) is 38.7 Å². The van der Waals surface area contributed by atoms with Gasteiger partial charge in [-0.1, -0.05) is 76.1 Å². The van der Waals surface area contributed by atoms with Gasteiger partial charge in [-0.25, -0.2) is 0 Å². The Labute approximate surface area is 404 Å². The molecule has 22 nitrogen and oxygen atoms in total. The summed E-state index contributed by atoms with van der Waals surface area (Å²) in [5.41, 5.74) is 34.5. The number of aromatic hydroxyl groups is 1. The van der Waals surface area contributed by atoms with Crippen molar-refractivity contribution in [2.75, 3.05) is 19.6 Å². The van der Waals surface area contributed by atoms with Gasteiger partial charge in [-0.05, 0) is 87.1 Å². The summed E-state index contributed by atoms with van der Waals surface area (Å²) < 4.78 is 0. The van der Waals surface area contributed by atoms with Gasteiger partial charge < -0.3 is 71.4 Å². The molecule has 0 aliphatic rings. The number of hydrogen-bond acceptors (Lipinski definition) is 11. The number of carbonyl (C=O) groups is 7. The molecule has 2 aromatic carbocycles. The van der Waals surface area contributed by atoms with Crippen LogP contribution in [0.2, 0.25) is 0 Å². The number of benzene rings is 2. The molecule has 0 saturated heterocycles. The van der Waals surface area contributed by atoms with Gasteiger partial charge in [-0.15, -0.1) is 0 Å². The van der Waals surface area contributed by atoms with E-state index in [2.05, 4.69) is 41.9 Å². The molecule has 0 aliphatic carbocycles. The third-order valence-corrected chi connectivity index (χ3v) is 11.3. The number of phenols is 1. The number of guanidine groups is 2. The molecule has 22 heteroatoms. The molecule has 0 bridgehead atoms. The fourth-order valence-corrected chi connectivity index (χ4v) is 7.10. The van der Waals surface area contributed by atoms with Crippen molar-refractivity contribution in [3.05, 3.63) is 65.7 Å². The number of amides is 7. The molecule has 19 N–H and O–H groups in total. The molecule has 2 aromatic rings. The molecule has 69 heavy (non-hydrogen) atoms. The Morgan fingerprint density at radius 2 is 1.01 bits per heavy atom. The third-order valence-electron chi connectivity index (χ3n) is 11.3. The van der Waals surface area contributed by atoms with E-state index in [1.807, 2.05) is 13.8 Å². The third kappa shape index (κ3) is 23.1. The van der Waals surface area contributed by atoms with E-state index in [-0.39, 0.29) is 81.6 Å². The average molecular weight is 965 g/mol. The highest BCUT2D eigenvalue weighted by molar-refractivity contribution is 5.97. The van der Waals surface area contributed by atoms with Gasteiger partial charge >= 0.3 is 0 Å². The monoisotopic (exact) mass is 965 g/mol. The van der Waals surface area contributed by atoms with Gasteiger partial charge in [0.1, 0.15) is 42.0 Å². The van der Waals surface area contributed by atoms with Crippen LogP contribution < -0.4 is 66.3 Å². The molecule has 0 saturated carbocycles. The van der Waals surface area contributed by atoms with E-state index in [1.165, 1.54) is 12.1 Å². The minimum atomic E-state index is -1.38. The predicted octanol–water partition coefficient (Wildman–Crippen LogP) is -0.956. The maximum absolute atomic E-state index is 14.5. The smallest absolute Gasteiger partial charge is 0.243 e. The minimum Gasteiger partial charge on any atom is -0.508 e. The summed E-state index contributed by atoms with van der Waals surface area (Å²) in [6, 6.07) is 7.57. The number of nitrogens with one attached hydrogen (secondary N) is 6. The van der Waals surface area contributed by atoms with Crippen LogP contribution in [0.25, 0.3) is 0 Å². The molecule has 2 rings (SSSR count). The van der Waals surface area contributed by atoms with Crippen molar-refractivity contribution < 1.29 is 38.7 Å². The molecule has 7 atom stereocenters. The average Bonchev–Trinajstić information content (AvgIpc) is 3.31. The van der Waals surface area contributed by atoms with Gasteiger partial charge in [-0.2, -0.15) is 0 Å². The Hall–Kier alpha value is -6.97. The summed E-state index contributed by atoms with van der Waals surface area (Å²) >= 11 is 0. The highest BCUT2D eigenvalue weighted by Gasteiger charge is 2.35. The van der Waals surface area contributed by atoms with Crippen LogP contribution in [0.4, 0.5) is 0 Å². The lowest BCUT2D eigenvalue weighted by molar-refractivity contribution is -0.136. The van der Waals surface area contributed by atoms with E-state index in [4.69, 9.17) is 34.4 Å². The topological polar surface area (TPSA) is 393 Å². The Morgan fingerprint density at radius 3 is 1.51 bits per heavy atom. The minimum absolute atomic E-state index is 0.0189. The quantitative estimate of drug-likeness (QED) is 0.0233. The van der Waals surface area contributed by atoms with E-state index < -0.39 is 77.6 Å². The Morgan fingerprint density at radius 1 is 0.551 bits per heavy atom. The van der Waals surface area contributed by atoms with Crippen LogP contribution >= 0.6 is 0 Å². The highest BCUT2D eigenvalue weighted by Crippen LogP contribution is 2.15. The maximum atomic E-state index is 14.5. The van der Waals surface area contributed by atoms with Gasteiger partial charge in [0.05, 0.1) is 0 Å². The fraction of sp³-hybridized carbons (Fsp3) is 0.553. The number of aliphatic imine (C=N–C) groups is 2. The van der Waals surface area contributed by atoms with Crippen molar-refractivity contribution in [3.63, 3.8) is 0 Å². The van der Waals surface area contributed by atoms with E-state index >= 15 is 0 Å². The molecule has 0 aliphatic heterocycles.